The number of benzene rings is 1. The van der Waals surface area contributed by atoms with Gasteiger partial charge in [0.05, 0.1) is 26.9 Å². The molecule has 0 fully saturated rings. The van der Waals surface area contributed by atoms with E-state index in [1.165, 1.54) is 19.1 Å². The smallest absolute Gasteiger partial charge is 0.273 e. The molecule has 0 saturated carbocycles. The third-order valence-electron chi connectivity index (χ3n) is 3.77. The predicted molar refractivity (Wildman–Crippen MR) is 88.6 cm³/mol. The molecule has 25 heavy (non-hydrogen) atoms. The number of halogens is 5. The van der Waals surface area contributed by atoms with Crippen LogP contribution in [0.15, 0.2) is 16.6 Å². The second kappa shape index (κ2) is 6.05. The zero-order valence-corrected chi connectivity index (χ0v) is 15.0. The molecular weight excluding hydrogens is 404 g/mol. The lowest BCUT2D eigenvalue weighted by Crippen LogP contribution is -2.09. The summed E-state index contributed by atoms with van der Waals surface area (Å²) in [4.78, 5) is 8.50. The standard InChI is InChI=1S/C16H13BrF4N4/c1-6(2)13-8-4-9(17)10(18)5-11(8)22-15(23-13)12-7(3)24-25-14(12)16(19,20)21/h4-6H,1-3H3,(H,24,25). The fourth-order valence-corrected chi connectivity index (χ4v) is 2.95. The third-order valence-corrected chi connectivity index (χ3v) is 4.38. The van der Waals surface area contributed by atoms with Gasteiger partial charge in [0.15, 0.2) is 11.5 Å². The normalized spacial score (nSPS) is 12.4. The van der Waals surface area contributed by atoms with Crippen molar-refractivity contribution >= 4 is 26.8 Å². The SMILES string of the molecule is Cc1n[nH]c(C(F)(F)F)c1-c1nc(C(C)C)c2cc(Br)c(F)cc2n1. The first-order chi connectivity index (χ1) is 11.6. The molecule has 0 aliphatic heterocycles. The van der Waals surface area contributed by atoms with Gasteiger partial charge in [0.25, 0.3) is 0 Å². The van der Waals surface area contributed by atoms with Crippen LogP contribution < -0.4 is 0 Å². The number of aromatic nitrogens is 4. The van der Waals surface area contributed by atoms with Crippen LogP contribution in [0.1, 0.15) is 36.8 Å². The number of nitrogens with one attached hydrogen (secondary N) is 1. The zero-order valence-electron chi connectivity index (χ0n) is 13.5. The van der Waals surface area contributed by atoms with Gasteiger partial charge in [-0.05, 0) is 34.8 Å². The van der Waals surface area contributed by atoms with E-state index in [2.05, 4.69) is 31.0 Å². The van der Waals surface area contributed by atoms with Crippen molar-refractivity contribution in [3.63, 3.8) is 0 Å². The lowest BCUT2D eigenvalue weighted by atomic mass is 10.0. The molecule has 0 radical (unpaired) electrons. The number of H-pyrrole nitrogens is 1. The van der Waals surface area contributed by atoms with E-state index in [9.17, 15) is 17.6 Å². The Morgan fingerprint density at radius 3 is 2.44 bits per heavy atom. The Kier molecular flexibility index (Phi) is 4.30. The highest BCUT2D eigenvalue weighted by molar-refractivity contribution is 9.10. The molecule has 3 rings (SSSR count). The van der Waals surface area contributed by atoms with Gasteiger partial charge in [-0.3, -0.25) is 5.10 Å². The van der Waals surface area contributed by atoms with Crippen LogP contribution in [0.4, 0.5) is 17.6 Å². The summed E-state index contributed by atoms with van der Waals surface area (Å²) in [5.41, 5.74) is -0.340. The van der Waals surface area contributed by atoms with E-state index in [4.69, 9.17) is 0 Å². The number of nitrogens with zero attached hydrogens (tertiary/aromatic N) is 3. The molecule has 2 heterocycles. The van der Waals surface area contributed by atoms with E-state index < -0.39 is 17.7 Å². The minimum absolute atomic E-state index is 0.0943. The molecule has 3 aromatic rings. The van der Waals surface area contributed by atoms with Crippen LogP contribution in [0.25, 0.3) is 22.3 Å². The molecule has 1 aromatic carbocycles. The molecule has 0 spiro atoms. The Hall–Kier alpha value is -2.03. The molecule has 0 saturated heterocycles. The number of rotatable bonds is 2. The van der Waals surface area contributed by atoms with Gasteiger partial charge in [-0.15, -0.1) is 0 Å². The second-order valence-electron chi connectivity index (χ2n) is 5.93. The van der Waals surface area contributed by atoms with Crippen molar-refractivity contribution in [2.45, 2.75) is 32.9 Å². The Bertz CT molecular complexity index is 963. The van der Waals surface area contributed by atoms with Crippen LogP contribution in [0.2, 0.25) is 0 Å². The van der Waals surface area contributed by atoms with Crippen molar-refractivity contribution in [2.75, 3.05) is 0 Å². The number of alkyl halides is 3. The summed E-state index contributed by atoms with van der Waals surface area (Å²) in [6.45, 7) is 5.15. The largest absolute Gasteiger partial charge is 0.433 e. The van der Waals surface area contributed by atoms with Gasteiger partial charge in [-0.2, -0.15) is 18.3 Å². The van der Waals surface area contributed by atoms with Gasteiger partial charge < -0.3 is 0 Å². The number of hydrogen-bond acceptors (Lipinski definition) is 3. The topological polar surface area (TPSA) is 54.5 Å². The Morgan fingerprint density at radius 2 is 1.84 bits per heavy atom. The lowest BCUT2D eigenvalue weighted by Gasteiger charge is -2.13. The average molecular weight is 417 g/mol. The van der Waals surface area contributed by atoms with Crippen molar-refractivity contribution in [1.82, 2.24) is 20.2 Å². The van der Waals surface area contributed by atoms with Crippen LogP contribution >= 0.6 is 15.9 Å². The van der Waals surface area contributed by atoms with Crippen molar-refractivity contribution in [2.24, 2.45) is 0 Å². The highest BCUT2D eigenvalue weighted by atomic mass is 79.9. The number of fused-ring (bicyclic) bond motifs is 1. The fraction of sp³-hybridized carbons (Fsp3) is 0.312. The minimum Gasteiger partial charge on any atom is -0.273 e. The quantitative estimate of drug-likeness (QED) is 0.571. The molecule has 0 atom stereocenters. The van der Waals surface area contributed by atoms with Crippen molar-refractivity contribution in [3.05, 3.63) is 39.5 Å². The van der Waals surface area contributed by atoms with Crippen LogP contribution in [-0.4, -0.2) is 20.2 Å². The average Bonchev–Trinajstić information content (AvgIpc) is 2.89. The minimum atomic E-state index is -4.63. The molecule has 9 heteroatoms. The van der Waals surface area contributed by atoms with Crippen LogP contribution in [0.5, 0.6) is 0 Å². The summed E-state index contributed by atoms with van der Waals surface area (Å²) in [5, 5.41) is 6.22. The van der Waals surface area contributed by atoms with Crippen LogP contribution in [0, 0.1) is 12.7 Å². The molecule has 1 N–H and O–H groups in total. The van der Waals surface area contributed by atoms with Crippen molar-refractivity contribution in [3.8, 4) is 11.4 Å². The molecular formula is C16H13BrF4N4. The van der Waals surface area contributed by atoms with E-state index in [0.717, 1.165) is 0 Å². The van der Waals surface area contributed by atoms with E-state index in [1.54, 1.807) is 0 Å². The van der Waals surface area contributed by atoms with Crippen LogP contribution in [-0.2, 0) is 6.18 Å². The fourth-order valence-electron chi connectivity index (χ4n) is 2.61. The molecule has 4 nitrogen and oxygen atoms in total. The summed E-state index contributed by atoms with van der Waals surface area (Å²) in [7, 11) is 0. The first kappa shape index (κ1) is 17.8. The lowest BCUT2D eigenvalue weighted by molar-refractivity contribution is -0.140. The van der Waals surface area contributed by atoms with Gasteiger partial charge in [0.1, 0.15) is 5.82 Å². The molecule has 0 unspecified atom stereocenters. The highest BCUT2D eigenvalue weighted by Crippen LogP contribution is 2.37. The van der Waals surface area contributed by atoms with Gasteiger partial charge in [-0.1, -0.05) is 13.8 Å². The second-order valence-corrected chi connectivity index (χ2v) is 6.78. The monoisotopic (exact) mass is 416 g/mol. The molecule has 0 aliphatic carbocycles. The first-order valence-electron chi connectivity index (χ1n) is 7.38. The summed E-state index contributed by atoms with van der Waals surface area (Å²) >= 11 is 3.11. The predicted octanol–water partition coefficient (Wildman–Crippen LogP) is 5.37. The summed E-state index contributed by atoms with van der Waals surface area (Å²) < 4.78 is 53.9. The van der Waals surface area contributed by atoms with Crippen molar-refractivity contribution < 1.29 is 17.6 Å². The molecule has 0 bridgehead atoms. The number of aromatic amines is 1. The molecule has 2 aromatic heterocycles. The van der Waals surface area contributed by atoms with Gasteiger partial charge in [0.2, 0.25) is 0 Å². The zero-order chi connectivity index (χ0) is 18.5. The highest BCUT2D eigenvalue weighted by Gasteiger charge is 2.38. The van der Waals surface area contributed by atoms with Crippen LogP contribution in [0.3, 0.4) is 0 Å². The van der Waals surface area contributed by atoms with Gasteiger partial charge in [-0.25, -0.2) is 14.4 Å². The van der Waals surface area contributed by atoms with Gasteiger partial charge >= 0.3 is 6.18 Å². The van der Waals surface area contributed by atoms with Gasteiger partial charge in [0, 0.05) is 11.5 Å². The molecule has 132 valence electrons. The Balaban J connectivity index is 2.36. The van der Waals surface area contributed by atoms with E-state index in [-0.39, 0.29) is 33.0 Å². The summed E-state index contributed by atoms with van der Waals surface area (Å²) in [6.07, 6.45) is -4.63. The first-order valence-corrected chi connectivity index (χ1v) is 8.18. The maximum atomic E-state index is 13.9. The maximum absolute atomic E-state index is 13.9. The number of hydrogen-bond donors (Lipinski definition) is 1. The Morgan fingerprint density at radius 1 is 1.16 bits per heavy atom. The molecule has 0 aliphatic rings. The molecule has 0 amide bonds. The maximum Gasteiger partial charge on any atom is 0.433 e. The van der Waals surface area contributed by atoms with E-state index >= 15 is 0 Å². The number of aryl methyl sites for hydroxylation is 1. The van der Waals surface area contributed by atoms with E-state index in [0.29, 0.717) is 11.1 Å². The summed E-state index contributed by atoms with van der Waals surface area (Å²) in [6, 6.07) is 2.72. The Labute approximate surface area is 148 Å². The third kappa shape index (κ3) is 3.12. The van der Waals surface area contributed by atoms with E-state index in [1.807, 2.05) is 18.9 Å². The van der Waals surface area contributed by atoms with Crippen molar-refractivity contribution in [1.29, 1.82) is 0 Å². The summed E-state index contributed by atoms with van der Waals surface area (Å²) in [5.74, 6) is -0.772.